The quantitative estimate of drug-likeness (QED) is 0.185. The molecule has 200 valence electrons. The minimum atomic E-state index is -4.28. The second-order valence-electron chi connectivity index (χ2n) is 8.30. The van der Waals surface area contributed by atoms with Crippen LogP contribution in [0.4, 0.5) is 5.69 Å². The van der Waals surface area contributed by atoms with Gasteiger partial charge in [0.2, 0.25) is 0 Å². The van der Waals surface area contributed by atoms with E-state index in [-0.39, 0.29) is 39.5 Å². The lowest BCUT2D eigenvalue weighted by atomic mass is 10.1. The van der Waals surface area contributed by atoms with E-state index in [4.69, 9.17) is 36.2 Å². The summed E-state index contributed by atoms with van der Waals surface area (Å²) < 4.78 is 42.9. The molecule has 0 aliphatic heterocycles. The zero-order valence-electron chi connectivity index (χ0n) is 20.8. The van der Waals surface area contributed by atoms with Crippen LogP contribution in [-0.2, 0) is 23.2 Å². The predicted octanol–water partition coefficient (Wildman–Crippen LogP) is 6.64. The van der Waals surface area contributed by atoms with Crippen molar-refractivity contribution in [1.82, 2.24) is 4.90 Å². The first kappa shape index (κ1) is 27.6. The highest BCUT2D eigenvalue weighted by Gasteiger charge is 2.25. The van der Waals surface area contributed by atoms with Crippen molar-refractivity contribution >= 4 is 44.9 Å². The van der Waals surface area contributed by atoms with Crippen LogP contribution < -0.4 is 9.08 Å². The van der Waals surface area contributed by atoms with Crippen molar-refractivity contribution in [2.75, 3.05) is 18.0 Å². The Balaban J connectivity index is 1.74. The molecule has 8 nitrogen and oxygen atoms in total. The van der Waals surface area contributed by atoms with Crippen molar-refractivity contribution in [1.29, 1.82) is 0 Å². The summed E-state index contributed by atoms with van der Waals surface area (Å²) in [5.41, 5.74) is 1.24. The lowest BCUT2D eigenvalue weighted by Gasteiger charge is -2.25. The topological polar surface area (TPSA) is 93.2 Å². The summed E-state index contributed by atoms with van der Waals surface area (Å²) in [7, 11) is -4.28. The van der Waals surface area contributed by atoms with Gasteiger partial charge in [0.1, 0.15) is 16.4 Å². The van der Waals surface area contributed by atoms with Gasteiger partial charge < -0.3 is 22.8 Å². The molecule has 4 aromatic rings. The summed E-state index contributed by atoms with van der Waals surface area (Å²) in [5.74, 6) is 0.382. The lowest BCUT2D eigenvalue weighted by Crippen LogP contribution is -2.30. The lowest BCUT2D eigenvalue weighted by molar-refractivity contribution is 0.0684. The molecule has 0 saturated heterocycles. The molecule has 0 saturated carbocycles. The fourth-order valence-corrected chi connectivity index (χ4v) is 5.23. The maximum absolute atomic E-state index is 13.3. The van der Waals surface area contributed by atoms with Gasteiger partial charge in [-0.2, -0.15) is 8.42 Å². The van der Waals surface area contributed by atoms with E-state index in [1.807, 2.05) is 19.9 Å². The average Bonchev–Trinajstić information content (AvgIpc) is 3.61. The summed E-state index contributed by atoms with van der Waals surface area (Å²) in [6, 6.07) is 15.9. The van der Waals surface area contributed by atoms with Crippen LogP contribution in [0.25, 0.3) is 0 Å². The third-order valence-corrected chi connectivity index (χ3v) is 7.84. The van der Waals surface area contributed by atoms with E-state index in [1.54, 1.807) is 36.4 Å². The normalized spacial score (nSPS) is 11.4. The van der Waals surface area contributed by atoms with Gasteiger partial charge in [0.25, 0.3) is 5.91 Å². The van der Waals surface area contributed by atoms with Crippen molar-refractivity contribution in [2.45, 2.75) is 31.8 Å². The van der Waals surface area contributed by atoms with Crippen LogP contribution in [0.5, 0.6) is 5.75 Å². The molecule has 0 bridgehead atoms. The van der Waals surface area contributed by atoms with Crippen molar-refractivity contribution < 1.29 is 26.2 Å². The Labute approximate surface area is 231 Å². The molecule has 38 heavy (non-hydrogen) atoms. The first-order valence-corrected chi connectivity index (χ1v) is 14.0. The number of hydrogen-bond donors (Lipinski definition) is 0. The number of benzene rings is 2. The van der Waals surface area contributed by atoms with E-state index < -0.39 is 16.0 Å². The average molecular weight is 577 g/mol. The van der Waals surface area contributed by atoms with Gasteiger partial charge in [0.15, 0.2) is 5.76 Å². The van der Waals surface area contributed by atoms with Crippen LogP contribution in [-0.4, -0.2) is 32.3 Å². The molecule has 0 N–H and O–H groups in total. The molecule has 2 heterocycles. The number of furan rings is 2. The molecule has 0 unspecified atom stereocenters. The SMILES string of the molecule is CCN(CC)c1ccc(CN(Cc2ccco2)C(=O)c2ccco2)c(OS(=O)(=O)c2ccc(Cl)c(Cl)c2)c1. The first-order valence-electron chi connectivity index (χ1n) is 11.8. The third-order valence-electron chi connectivity index (χ3n) is 5.87. The maximum atomic E-state index is 13.3. The fraction of sp³-hybridized carbons (Fsp3) is 0.222. The molecule has 2 aromatic heterocycles. The van der Waals surface area contributed by atoms with E-state index in [2.05, 4.69) is 4.90 Å². The number of carbonyl (C=O) groups is 1. The second-order valence-corrected chi connectivity index (χ2v) is 10.7. The Morgan fingerprint density at radius 1 is 0.895 bits per heavy atom. The second kappa shape index (κ2) is 12.0. The Morgan fingerprint density at radius 2 is 1.63 bits per heavy atom. The van der Waals surface area contributed by atoms with E-state index in [0.717, 1.165) is 5.69 Å². The molecule has 0 atom stereocenters. The Bertz CT molecular complexity index is 1480. The van der Waals surface area contributed by atoms with Crippen molar-refractivity contribution in [3.63, 3.8) is 0 Å². The predicted molar refractivity (Wildman–Crippen MR) is 145 cm³/mol. The van der Waals surface area contributed by atoms with E-state index in [1.165, 1.54) is 35.6 Å². The first-order chi connectivity index (χ1) is 18.2. The summed E-state index contributed by atoms with van der Waals surface area (Å²) in [4.78, 5) is 16.7. The van der Waals surface area contributed by atoms with Gasteiger partial charge in [-0.25, -0.2) is 0 Å². The van der Waals surface area contributed by atoms with Gasteiger partial charge in [0, 0.05) is 30.4 Å². The summed E-state index contributed by atoms with van der Waals surface area (Å²) >= 11 is 12.0. The minimum absolute atomic E-state index is 0.0188. The van der Waals surface area contributed by atoms with E-state index in [0.29, 0.717) is 24.4 Å². The van der Waals surface area contributed by atoms with Gasteiger partial charge in [0.05, 0.1) is 35.7 Å². The summed E-state index contributed by atoms with van der Waals surface area (Å²) in [6.07, 6.45) is 2.93. The highest BCUT2D eigenvalue weighted by Crippen LogP contribution is 2.32. The molecule has 0 spiro atoms. The number of hydrogen-bond acceptors (Lipinski definition) is 7. The highest BCUT2D eigenvalue weighted by atomic mass is 35.5. The molecule has 4 rings (SSSR count). The molecule has 0 radical (unpaired) electrons. The number of carbonyl (C=O) groups excluding carboxylic acids is 1. The Kier molecular flexibility index (Phi) is 8.71. The number of rotatable bonds is 11. The van der Waals surface area contributed by atoms with Crippen molar-refractivity contribution in [3.05, 3.63) is 100 Å². The van der Waals surface area contributed by atoms with Crippen LogP contribution in [0, 0.1) is 0 Å². The standard InChI is InChI=1S/C27H26Cl2N2O6S/c1-3-30(4-2)20-10-9-19(26(15-20)37-38(33,34)22-11-12-23(28)24(29)16-22)17-31(18-21-7-5-13-35-21)27(32)25-8-6-14-36-25/h5-16H,3-4,17-18H2,1-2H3. The van der Waals surface area contributed by atoms with Crippen molar-refractivity contribution in [3.8, 4) is 5.75 Å². The van der Waals surface area contributed by atoms with Gasteiger partial charge >= 0.3 is 10.1 Å². The monoisotopic (exact) mass is 576 g/mol. The summed E-state index contributed by atoms with van der Waals surface area (Å²) in [6.45, 7) is 5.55. The fourth-order valence-electron chi connectivity index (χ4n) is 3.89. The van der Waals surface area contributed by atoms with Crippen LogP contribution in [0.15, 0.2) is 86.9 Å². The van der Waals surface area contributed by atoms with Crippen LogP contribution in [0.1, 0.15) is 35.7 Å². The molecule has 0 aliphatic carbocycles. The molecular formula is C27H26Cl2N2O6S. The van der Waals surface area contributed by atoms with Gasteiger partial charge in [-0.3, -0.25) is 4.79 Å². The molecule has 0 aliphatic rings. The van der Waals surface area contributed by atoms with Gasteiger partial charge in [-0.1, -0.05) is 29.3 Å². The van der Waals surface area contributed by atoms with E-state index >= 15 is 0 Å². The Hall–Kier alpha value is -3.40. The molecule has 0 fully saturated rings. The van der Waals surface area contributed by atoms with Crippen LogP contribution in [0.2, 0.25) is 10.0 Å². The van der Waals surface area contributed by atoms with Crippen molar-refractivity contribution in [2.24, 2.45) is 0 Å². The largest absolute Gasteiger partial charge is 0.467 e. The zero-order valence-corrected chi connectivity index (χ0v) is 23.1. The van der Waals surface area contributed by atoms with Gasteiger partial charge in [-0.05, 0) is 62.4 Å². The number of amides is 1. The van der Waals surface area contributed by atoms with Crippen LogP contribution >= 0.6 is 23.2 Å². The number of anilines is 1. The summed E-state index contributed by atoms with van der Waals surface area (Å²) in [5, 5.41) is 0.307. The van der Waals surface area contributed by atoms with Crippen LogP contribution in [0.3, 0.4) is 0 Å². The van der Waals surface area contributed by atoms with E-state index in [9.17, 15) is 13.2 Å². The molecular weight excluding hydrogens is 551 g/mol. The minimum Gasteiger partial charge on any atom is -0.467 e. The van der Waals surface area contributed by atoms with Gasteiger partial charge in [-0.15, -0.1) is 0 Å². The number of nitrogens with zero attached hydrogens (tertiary/aromatic N) is 2. The maximum Gasteiger partial charge on any atom is 0.339 e. The number of halogens is 2. The molecule has 2 aromatic carbocycles. The third kappa shape index (κ3) is 6.35. The Morgan fingerprint density at radius 3 is 2.26 bits per heavy atom. The highest BCUT2D eigenvalue weighted by molar-refractivity contribution is 7.87. The zero-order chi connectivity index (χ0) is 27.3. The molecule has 1 amide bonds. The smallest absolute Gasteiger partial charge is 0.339 e. The molecule has 11 heteroatoms.